The topological polar surface area (TPSA) is 68.0 Å². The predicted octanol–water partition coefficient (Wildman–Crippen LogP) is 3.21. The van der Waals surface area contributed by atoms with Gasteiger partial charge in [-0.3, -0.25) is 9.78 Å². The third kappa shape index (κ3) is 3.40. The van der Waals surface area contributed by atoms with Gasteiger partial charge in [-0.1, -0.05) is 29.3 Å². The van der Waals surface area contributed by atoms with Crippen molar-refractivity contribution in [2.24, 2.45) is 0 Å². The summed E-state index contributed by atoms with van der Waals surface area (Å²) in [5.74, 6) is -0.268. The Morgan fingerprint density at radius 1 is 1.35 bits per heavy atom. The fourth-order valence-corrected chi connectivity index (χ4v) is 1.96. The molecule has 0 atom stereocenters. The van der Waals surface area contributed by atoms with E-state index in [-0.39, 0.29) is 21.6 Å². The van der Waals surface area contributed by atoms with Crippen LogP contribution in [0, 0.1) is 6.92 Å². The van der Waals surface area contributed by atoms with Crippen molar-refractivity contribution in [3.63, 3.8) is 0 Å². The van der Waals surface area contributed by atoms with Crippen LogP contribution in [0.15, 0.2) is 30.5 Å². The first-order valence-electron chi connectivity index (χ1n) is 5.91. The zero-order chi connectivity index (χ0) is 14.7. The molecule has 0 fully saturated rings. The second kappa shape index (κ2) is 6.11. The van der Waals surface area contributed by atoms with Gasteiger partial charge in [0.15, 0.2) is 0 Å². The van der Waals surface area contributed by atoms with Crippen LogP contribution in [0.25, 0.3) is 0 Å². The molecule has 0 bridgehead atoms. The molecule has 2 aromatic rings. The lowest BCUT2D eigenvalue weighted by molar-refractivity contribution is 0.0951. The van der Waals surface area contributed by atoms with Gasteiger partial charge in [0, 0.05) is 24.0 Å². The van der Waals surface area contributed by atoms with Gasteiger partial charge in [-0.05, 0) is 30.7 Å². The molecule has 0 aliphatic carbocycles. The molecular weight excluding hydrogens is 297 g/mol. The van der Waals surface area contributed by atoms with Crippen LogP contribution in [-0.4, -0.2) is 10.9 Å². The number of aryl methyl sites for hydroxylation is 1. The Labute approximate surface area is 126 Å². The molecule has 0 unspecified atom stereocenters. The Hall–Kier alpha value is -1.78. The van der Waals surface area contributed by atoms with Gasteiger partial charge in [0.25, 0.3) is 5.91 Å². The van der Waals surface area contributed by atoms with Crippen LogP contribution in [0.1, 0.15) is 21.6 Å². The number of anilines is 1. The number of nitrogens with zero attached hydrogens (tertiary/aromatic N) is 1. The number of nitrogens with one attached hydrogen (secondary N) is 1. The van der Waals surface area contributed by atoms with Crippen molar-refractivity contribution < 1.29 is 4.79 Å². The summed E-state index contributed by atoms with van der Waals surface area (Å²) in [7, 11) is 0. The smallest absolute Gasteiger partial charge is 0.251 e. The number of halogens is 2. The summed E-state index contributed by atoms with van der Waals surface area (Å²) >= 11 is 11.7. The van der Waals surface area contributed by atoms with Gasteiger partial charge in [0.1, 0.15) is 0 Å². The monoisotopic (exact) mass is 309 g/mol. The molecule has 1 heterocycles. The van der Waals surface area contributed by atoms with Gasteiger partial charge < -0.3 is 11.1 Å². The van der Waals surface area contributed by atoms with E-state index in [1.54, 1.807) is 6.20 Å². The Morgan fingerprint density at radius 2 is 2.10 bits per heavy atom. The summed E-state index contributed by atoms with van der Waals surface area (Å²) in [4.78, 5) is 16.2. The first-order valence-corrected chi connectivity index (χ1v) is 6.67. The second-order valence-electron chi connectivity index (χ2n) is 4.35. The number of nitrogen functional groups attached to an aromatic ring is 1. The zero-order valence-corrected chi connectivity index (χ0v) is 12.3. The summed E-state index contributed by atoms with van der Waals surface area (Å²) in [6.45, 7) is 2.28. The van der Waals surface area contributed by atoms with E-state index in [1.807, 2.05) is 19.1 Å². The Morgan fingerprint density at radius 3 is 2.70 bits per heavy atom. The van der Waals surface area contributed by atoms with Crippen LogP contribution in [-0.2, 0) is 6.54 Å². The van der Waals surface area contributed by atoms with Gasteiger partial charge in [0.2, 0.25) is 0 Å². The maximum atomic E-state index is 12.0. The molecule has 0 saturated heterocycles. The lowest BCUT2D eigenvalue weighted by Crippen LogP contribution is -2.23. The maximum absolute atomic E-state index is 12.0. The molecular formula is C14H13Cl2N3O. The van der Waals surface area contributed by atoms with Crippen molar-refractivity contribution in [2.45, 2.75) is 13.5 Å². The van der Waals surface area contributed by atoms with E-state index in [2.05, 4.69) is 10.3 Å². The number of benzene rings is 1. The number of hydrogen-bond acceptors (Lipinski definition) is 3. The standard InChI is InChI=1S/C14H13Cl2N3O/c1-8-2-3-9(6-18-8)7-19-14(20)10-4-11(15)13(16)12(17)5-10/h2-6H,7,17H2,1H3,(H,19,20). The molecule has 0 aliphatic rings. The van der Waals surface area contributed by atoms with Crippen molar-refractivity contribution in [2.75, 3.05) is 5.73 Å². The van der Waals surface area contributed by atoms with Gasteiger partial charge in [-0.2, -0.15) is 0 Å². The van der Waals surface area contributed by atoms with Crippen molar-refractivity contribution in [1.82, 2.24) is 10.3 Å². The number of hydrogen-bond donors (Lipinski definition) is 2. The molecule has 1 amide bonds. The first-order chi connectivity index (χ1) is 9.47. The van der Waals surface area contributed by atoms with Crippen molar-refractivity contribution in [3.8, 4) is 0 Å². The Kier molecular flexibility index (Phi) is 4.47. The highest BCUT2D eigenvalue weighted by Crippen LogP contribution is 2.29. The van der Waals surface area contributed by atoms with Crippen LogP contribution < -0.4 is 11.1 Å². The number of amides is 1. The normalized spacial score (nSPS) is 10.3. The fourth-order valence-electron chi connectivity index (χ4n) is 1.63. The summed E-state index contributed by atoms with van der Waals surface area (Å²) in [6.07, 6.45) is 1.72. The minimum Gasteiger partial charge on any atom is -0.397 e. The van der Waals surface area contributed by atoms with Crippen LogP contribution in [0.5, 0.6) is 0 Å². The number of rotatable bonds is 3. The molecule has 0 aliphatic heterocycles. The van der Waals surface area contributed by atoms with E-state index in [0.29, 0.717) is 12.1 Å². The highest BCUT2D eigenvalue weighted by atomic mass is 35.5. The molecule has 1 aromatic carbocycles. The highest BCUT2D eigenvalue weighted by Gasteiger charge is 2.11. The number of carbonyl (C=O) groups is 1. The summed E-state index contributed by atoms with van der Waals surface area (Å²) in [5, 5.41) is 3.29. The Bertz CT molecular complexity index is 618. The molecule has 2 rings (SSSR count). The van der Waals surface area contributed by atoms with Crippen LogP contribution >= 0.6 is 23.2 Å². The fraction of sp³-hybridized carbons (Fsp3) is 0.143. The number of nitrogens with two attached hydrogens (primary N) is 1. The van der Waals surface area contributed by atoms with Crippen molar-refractivity contribution in [1.29, 1.82) is 0 Å². The van der Waals surface area contributed by atoms with E-state index in [4.69, 9.17) is 28.9 Å². The van der Waals surface area contributed by atoms with Crippen LogP contribution in [0.2, 0.25) is 10.0 Å². The largest absolute Gasteiger partial charge is 0.397 e. The summed E-state index contributed by atoms with van der Waals surface area (Å²) < 4.78 is 0. The third-order valence-corrected chi connectivity index (χ3v) is 3.56. The van der Waals surface area contributed by atoms with E-state index in [1.165, 1.54) is 12.1 Å². The SMILES string of the molecule is Cc1ccc(CNC(=O)c2cc(N)c(Cl)c(Cl)c2)cn1. The molecule has 0 saturated carbocycles. The molecule has 104 valence electrons. The average Bonchev–Trinajstić information content (AvgIpc) is 2.43. The average molecular weight is 310 g/mol. The number of aromatic nitrogens is 1. The highest BCUT2D eigenvalue weighted by molar-refractivity contribution is 6.43. The number of pyridine rings is 1. The van der Waals surface area contributed by atoms with E-state index in [9.17, 15) is 4.79 Å². The van der Waals surface area contributed by atoms with Gasteiger partial charge in [-0.25, -0.2) is 0 Å². The van der Waals surface area contributed by atoms with Crippen molar-refractivity contribution >= 4 is 34.8 Å². The third-order valence-electron chi connectivity index (χ3n) is 2.74. The lowest BCUT2D eigenvalue weighted by Gasteiger charge is -2.08. The zero-order valence-electron chi connectivity index (χ0n) is 10.8. The van der Waals surface area contributed by atoms with E-state index in [0.717, 1.165) is 11.3 Å². The predicted molar refractivity (Wildman–Crippen MR) is 81.0 cm³/mol. The van der Waals surface area contributed by atoms with Crippen LogP contribution in [0.3, 0.4) is 0 Å². The first kappa shape index (κ1) is 14.6. The van der Waals surface area contributed by atoms with Gasteiger partial charge >= 0.3 is 0 Å². The van der Waals surface area contributed by atoms with Crippen molar-refractivity contribution in [3.05, 3.63) is 57.3 Å². The van der Waals surface area contributed by atoms with Gasteiger partial charge in [0.05, 0.1) is 15.7 Å². The lowest BCUT2D eigenvalue weighted by atomic mass is 10.2. The second-order valence-corrected chi connectivity index (χ2v) is 5.14. The quantitative estimate of drug-likeness (QED) is 0.855. The number of carbonyl (C=O) groups excluding carboxylic acids is 1. The minimum atomic E-state index is -0.268. The minimum absolute atomic E-state index is 0.256. The molecule has 1 aromatic heterocycles. The molecule has 20 heavy (non-hydrogen) atoms. The Balaban J connectivity index is 2.07. The summed E-state index contributed by atoms with van der Waals surface area (Å²) in [6, 6.07) is 6.78. The van der Waals surface area contributed by atoms with Gasteiger partial charge in [-0.15, -0.1) is 0 Å². The molecule has 3 N–H and O–H groups in total. The molecule has 0 spiro atoms. The molecule has 6 heteroatoms. The van der Waals surface area contributed by atoms with E-state index < -0.39 is 0 Å². The van der Waals surface area contributed by atoms with E-state index >= 15 is 0 Å². The molecule has 0 radical (unpaired) electrons. The summed E-state index contributed by atoms with van der Waals surface area (Å²) in [5.41, 5.74) is 8.17. The van der Waals surface area contributed by atoms with Crippen LogP contribution in [0.4, 0.5) is 5.69 Å². The maximum Gasteiger partial charge on any atom is 0.251 e. The molecule has 4 nitrogen and oxygen atoms in total.